The Morgan fingerprint density at radius 1 is 1.14 bits per heavy atom. The van der Waals surface area contributed by atoms with Crippen LogP contribution in [0.25, 0.3) is 0 Å². The predicted molar refractivity (Wildman–Crippen MR) is 93.9 cm³/mol. The summed E-state index contributed by atoms with van der Waals surface area (Å²) in [5.74, 6) is 0.423. The van der Waals surface area contributed by atoms with Crippen molar-refractivity contribution >= 4 is 8.32 Å². The van der Waals surface area contributed by atoms with Gasteiger partial charge < -0.3 is 9.53 Å². The maximum Gasteiger partial charge on any atom is 0.257 e. The lowest BCUT2D eigenvalue weighted by Gasteiger charge is -2.43. The fourth-order valence-electron chi connectivity index (χ4n) is 4.40. The van der Waals surface area contributed by atoms with Crippen molar-refractivity contribution in [1.82, 2.24) is 0 Å². The molecule has 0 bridgehead atoms. The van der Waals surface area contributed by atoms with Crippen LogP contribution in [0.4, 0.5) is 0 Å². The molecule has 1 fully saturated rings. The van der Waals surface area contributed by atoms with Crippen LogP contribution in [0.5, 0.6) is 0 Å². The van der Waals surface area contributed by atoms with E-state index in [0.717, 1.165) is 24.8 Å². The zero-order chi connectivity index (χ0) is 16.4. The van der Waals surface area contributed by atoms with Crippen molar-refractivity contribution in [2.45, 2.75) is 96.9 Å². The van der Waals surface area contributed by atoms with Gasteiger partial charge in [-0.1, -0.05) is 48.5 Å². The molecule has 0 spiro atoms. The van der Waals surface area contributed by atoms with Crippen molar-refractivity contribution in [2.24, 2.45) is 5.92 Å². The van der Waals surface area contributed by atoms with Gasteiger partial charge in [-0.25, -0.2) is 0 Å². The molecule has 1 N–H and O–H groups in total. The second kappa shape index (κ2) is 6.87. The maximum atomic E-state index is 10.7. The first-order valence-electron chi connectivity index (χ1n) is 8.66. The fourth-order valence-corrected chi connectivity index (χ4v) is 9.55. The Labute approximate surface area is 133 Å². The predicted octanol–water partition coefficient (Wildman–Crippen LogP) is 5.63. The highest BCUT2D eigenvalue weighted by molar-refractivity contribution is 6.77. The monoisotopic (exact) mass is 312 g/mol. The van der Waals surface area contributed by atoms with Crippen molar-refractivity contribution in [1.29, 1.82) is 0 Å². The van der Waals surface area contributed by atoms with Gasteiger partial charge in [-0.05, 0) is 54.3 Å². The quantitative estimate of drug-likeness (QED) is 0.526. The fraction of sp³-hybridized carbons (Fsp3) is 0.889. The molecule has 2 atom stereocenters. The van der Waals surface area contributed by atoms with E-state index in [0.29, 0.717) is 22.5 Å². The third kappa shape index (κ3) is 3.73. The van der Waals surface area contributed by atoms with Gasteiger partial charge in [0.2, 0.25) is 0 Å². The van der Waals surface area contributed by atoms with Gasteiger partial charge in [-0.2, -0.15) is 0 Å². The number of hydrogen-bond donors (Lipinski definition) is 1. The van der Waals surface area contributed by atoms with Gasteiger partial charge in [0.1, 0.15) is 0 Å². The van der Waals surface area contributed by atoms with Crippen LogP contribution in [0.3, 0.4) is 0 Å². The zero-order valence-corrected chi connectivity index (χ0v) is 16.4. The Hall–Kier alpha value is -0.283. The molecule has 0 aromatic rings. The molecule has 0 heterocycles. The van der Waals surface area contributed by atoms with Gasteiger partial charge in [0.15, 0.2) is 0 Å². The molecule has 0 radical (unpaired) electrons. The van der Waals surface area contributed by atoms with E-state index in [-0.39, 0.29) is 0 Å². The Morgan fingerprint density at radius 3 is 2.00 bits per heavy atom. The van der Waals surface area contributed by atoms with E-state index < -0.39 is 13.9 Å². The van der Waals surface area contributed by atoms with Gasteiger partial charge >= 0.3 is 0 Å². The first kappa shape index (κ1) is 18.8. The summed E-state index contributed by atoms with van der Waals surface area (Å²) in [4.78, 5) is 0. The van der Waals surface area contributed by atoms with Crippen LogP contribution in [-0.2, 0) is 4.43 Å². The second-order valence-electron chi connectivity index (χ2n) is 8.08. The highest BCUT2D eigenvalue weighted by Crippen LogP contribution is 2.44. The molecule has 21 heavy (non-hydrogen) atoms. The summed E-state index contributed by atoms with van der Waals surface area (Å²) >= 11 is 0. The van der Waals surface area contributed by atoms with E-state index in [4.69, 9.17) is 4.43 Å². The first-order valence-corrected chi connectivity index (χ1v) is 10.8. The topological polar surface area (TPSA) is 29.5 Å². The summed E-state index contributed by atoms with van der Waals surface area (Å²) in [6.07, 6.45) is 5.08. The Morgan fingerprint density at radius 2 is 1.62 bits per heavy atom. The van der Waals surface area contributed by atoms with Gasteiger partial charge in [0.25, 0.3) is 8.32 Å². The summed E-state index contributed by atoms with van der Waals surface area (Å²) in [5.41, 5.74) is 2.12. The number of rotatable bonds is 5. The summed E-state index contributed by atoms with van der Waals surface area (Å²) in [6.45, 7) is 18.0. The van der Waals surface area contributed by atoms with Gasteiger partial charge in [0, 0.05) is 0 Å². The highest BCUT2D eigenvalue weighted by Gasteiger charge is 2.46. The molecule has 1 aliphatic carbocycles. The zero-order valence-electron chi connectivity index (χ0n) is 15.4. The van der Waals surface area contributed by atoms with E-state index in [9.17, 15) is 5.11 Å². The molecular formula is C18H36O2Si. The van der Waals surface area contributed by atoms with Crippen molar-refractivity contribution in [3.8, 4) is 0 Å². The average Bonchev–Trinajstić information content (AvgIpc) is 2.30. The third-order valence-electron chi connectivity index (χ3n) is 5.55. The van der Waals surface area contributed by atoms with Crippen LogP contribution in [-0.4, -0.2) is 19.0 Å². The lowest BCUT2D eigenvalue weighted by molar-refractivity contribution is 0.0559. The molecule has 2 nitrogen and oxygen atoms in total. The lowest BCUT2D eigenvalue weighted by Crippen LogP contribution is -2.47. The molecular weight excluding hydrogens is 276 g/mol. The van der Waals surface area contributed by atoms with Crippen molar-refractivity contribution in [3.63, 3.8) is 0 Å². The van der Waals surface area contributed by atoms with Crippen molar-refractivity contribution in [2.75, 3.05) is 0 Å². The molecule has 0 aliphatic heterocycles. The number of hydrogen-bond acceptors (Lipinski definition) is 2. The summed E-state index contributed by atoms with van der Waals surface area (Å²) in [5, 5.41) is 10.7. The second-order valence-corrected chi connectivity index (χ2v) is 13.5. The molecule has 124 valence electrons. The Kier molecular flexibility index (Phi) is 6.14. The minimum absolute atomic E-state index is 0.423. The Balaban J connectivity index is 3.12. The molecule has 1 aliphatic rings. The summed E-state index contributed by atoms with van der Waals surface area (Å²) in [7, 11) is -1.89. The SMILES string of the molecule is CC1CCCC(C)(O)C1=CO[Si](C(C)C)(C(C)C)C(C)C. The molecule has 2 unspecified atom stereocenters. The van der Waals surface area contributed by atoms with Crippen LogP contribution in [0.15, 0.2) is 11.8 Å². The van der Waals surface area contributed by atoms with E-state index in [1.807, 2.05) is 13.2 Å². The summed E-state index contributed by atoms with van der Waals surface area (Å²) in [6, 6.07) is 0. The van der Waals surface area contributed by atoms with Crippen LogP contribution >= 0.6 is 0 Å². The molecule has 0 aromatic carbocycles. The van der Waals surface area contributed by atoms with Crippen LogP contribution in [0.1, 0.15) is 74.7 Å². The minimum Gasteiger partial charge on any atom is -0.548 e. The van der Waals surface area contributed by atoms with Crippen molar-refractivity contribution < 1.29 is 9.53 Å². The Bertz CT molecular complexity index is 348. The van der Waals surface area contributed by atoms with Crippen LogP contribution in [0, 0.1) is 5.92 Å². The van der Waals surface area contributed by atoms with E-state index >= 15 is 0 Å². The molecule has 0 saturated heterocycles. The highest BCUT2D eigenvalue weighted by atomic mass is 28.4. The first-order chi connectivity index (χ1) is 9.55. The van der Waals surface area contributed by atoms with E-state index in [1.165, 1.54) is 0 Å². The average molecular weight is 313 g/mol. The molecule has 1 saturated carbocycles. The molecule has 0 amide bonds. The molecule has 3 heteroatoms. The minimum atomic E-state index is -1.89. The van der Waals surface area contributed by atoms with E-state index in [1.54, 1.807) is 0 Å². The standard InChI is InChI=1S/C18H36O2Si/c1-13(2)21(14(3)4,15(5)6)20-12-17-16(7)10-9-11-18(17,8)19/h12-16,19H,9-11H2,1-8H3. The van der Waals surface area contributed by atoms with E-state index in [2.05, 4.69) is 48.5 Å². The van der Waals surface area contributed by atoms with Gasteiger partial charge in [0.05, 0.1) is 11.9 Å². The van der Waals surface area contributed by atoms with Gasteiger partial charge in [-0.3, -0.25) is 0 Å². The summed E-state index contributed by atoms with van der Waals surface area (Å²) < 4.78 is 6.58. The number of aliphatic hydroxyl groups is 1. The largest absolute Gasteiger partial charge is 0.548 e. The van der Waals surface area contributed by atoms with Crippen LogP contribution in [0.2, 0.25) is 16.6 Å². The normalized spacial score (nSPS) is 29.7. The van der Waals surface area contributed by atoms with Gasteiger partial charge in [-0.15, -0.1) is 0 Å². The van der Waals surface area contributed by atoms with Crippen molar-refractivity contribution in [3.05, 3.63) is 11.8 Å². The lowest BCUT2D eigenvalue weighted by atomic mass is 9.76. The smallest absolute Gasteiger partial charge is 0.257 e. The third-order valence-corrected chi connectivity index (χ3v) is 11.5. The molecule has 1 rings (SSSR count). The molecule has 0 aromatic heterocycles. The van der Waals surface area contributed by atoms with Crippen LogP contribution < -0.4 is 0 Å². The maximum absolute atomic E-state index is 10.7.